The number of pyridine rings is 1. The minimum Gasteiger partial charge on any atom is -0.495 e. The van der Waals surface area contributed by atoms with E-state index in [4.69, 9.17) is 14.8 Å². The normalized spacial score (nSPS) is 10.4. The van der Waals surface area contributed by atoms with Crippen molar-refractivity contribution in [3.8, 4) is 5.75 Å². The molecular weight excluding hydrogens is 169 g/mol. The standard InChI is InChI=1S/C8H10BNO3/c1-13-8-3-2-7(10-6-8)4-5-9(11)12/h2-6,11-12H,1H3/b5-4+. The van der Waals surface area contributed by atoms with Crippen molar-refractivity contribution >= 4 is 13.2 Å². The van der Waals surface area contributed by atoms with Crippen LogP contribution in [0.5, 0.6) is 5.75 Å². The number of aromatic nitrogens is 1. The minimum absolute atomic E-state index is 0.647. The van der Waals surface area contributed by atoms with Crippen molar-refractivity contribution in [2.75, 3.05) is 7.11 Å². The zero-order valence-electron chi connectivity index (χ0n) is 7.21. The maximum atomic E-state index is 8.53. The van der Waals surface area contributed by atoms with Crippen LogP contribution in [0.4, 0.5) is 0 Å². The highest BCUT2D eigenvalue weighted by molar-refractivity contribution is 6.48. The number of hydrogen-bond donors (Lipinski definition) is 2. The summed E-state index contributed by atoms with van der Waals surface area (Å²) in [6.07, 6.45) is 3.08. The molecule has 0 saturated heterocycles. The van der Waals surface area contributed by atoms with Crippen molar-refractivity contribution < 1.29 is 14.8 Å². The molecule has 0 saturated carbocycles. The molecule has 68 valence electrons. The molecule has 0 bridgehead atoms. The van der Waals surface area contributed by atoms with E-state index in [9.17, 15) is 0 Å². The van der Waals surface area contributed by atoms with E-state index in [1.54, 1.807) is 25.4 Å². The van der Waals surface area contributed by atoms with Crippen molar-refractivity contribution in [3.63, 3.8) is 0 Å². The van der Waals surface area contributed by atoms with Crippen LogP contribution in [0.25, 0.3) is 6.08 Å². The van der Waals surface area contributed by atoms with Crippen molar-refractivity contribution in [2.24, 2.45) is 0 Å². The van der Waals surface area contributed by atoms with Gasteiger partial charge < -0.3 is 14.8 Å². The van der Waals surface area contributed by atoms with Gasteiger partial charge in [-0.1, -0.05) is 5.98 Å². The Balaban J connectivity index is 2.69. The second-order valence-electron chi connectivity index (χ2n) is 2.40. The van der Waals surface area contributed by atoms with E-state index in [1.165, 1.54) is 12.1 Å². The van der Waals surface area contributed by atoms with E-state index >= 15 is 0 Å². The molecule has 0 amide bonds. The third kappa shape index (κ3) is 3.27. The average Bonchev–Trinajstić information content (AvgIpc) is 2.15. The number of rotatable bonds is 3. The fraction of sp³-hybridized carbons (Fsp3) is 0.125. The van der Waals surface area contributed by atoms with E-state index in [0.717, 1.165) is 0 Å². The summed E-state index contributed by atoms with van der Waals surface area (Å²) < 4.78 is 4.91. The second kappa shape index (κ2) is 4.64. The van der Waals surface area contributed by atoms with Crippen LogP contribution in [0.1, 0.15) is 5.69 Å². The van der Waals surface area contributed by atoms with E-state index in [0.29, 0.717) is 11.4 Å². The molecule has 1 heterocycles. The van der Waals surface area contributed by atoms with Gasteiger partial charge in [-0.05, 0) is 18.2 Å². The van der Waals surface area contributed by atoms with Crippen LogP contribution >= 0.6 is 0 Å². The quantitative estimate of drug-likeness (QED) is 0.646. The van der Waals surface area contributed by atoms with Crippen molar-refractivity contribution in [2.45, 2.75) is 0 Å². The summed E-state index contributed by atoms with van der Waals surface area (Å²) in [5.74, 6) is 1.90. The Morgan fingerprint density at radius 3 is 2.69 bits per heavy atom. The van der Waals surface area contributed by atoms with Gasteiger partial charge in [0.15, 0.2) is 0 Å². The molecular formula is C8H10BNO3. The van der Waals surface area contributed by atoms with Crippen LogP contribution in [0.2, 0.25) is 0 Å². The maximum Gasteiger partial charge on any atom is 0.480 e. The van der Waals surface area contributed by atoms with Gasteiger partial charge in [-0.15, -0.1) is 0 Å². The highest BCUT2D eigenvalue weighted by Gasteiger charge is 1.98. The van der Waals surface area contributed by atoms with Gasteiger partial charge in [-0.3, -0.25) is 4.98 Å². The first-order chi connectivity index (χ1) is 6.22. The average molecular weight is 179 g/mol. The molecule has 0 unspecified atom stereocenters. The Bertz CT molecular complexity index is 284. The maximum absolute atomic E-state index is 8.53. The monoisotopic (exact) mass is 179 g/mol. The Kier molecular flexibility index (Phi) is 3.48. The Labute approximate surface area is 76.7 Å². The molecule has 1 aromatic heterocycles. The van der Waals surface area contributed by atoms with Gasteiger partial charge in [-0.25, -0.2) is 0 Å². The second-order valence-corrected chi connectivity index (χ2v) is 2.40. The summed E-state index contributed by atoms with van der Waals surface area (Å²) in [6, 6.07) is 3.47. The molecule has 5 heteroatoms. The van der Waals surface area contributed by atoms with Crippen LogP contribution in [-0.2, 0) is 0 Å². The smallest absolute Gasteiger partial charge is 0.480 e. The van der Waals surface area contributed by atoms with Gasteiger partial charge in [0.25, 0.3) is 0 Å². The van der Waals surface area contributed by atoms with E-state index < -0.39 is 7.12 Å². The summed E-state index contributed by atoms with van der Waals surface area (Å²) in [4.78, 5) is 3.99. The van der Waals surface area contributed by atoms with Gasteiger partial charge in [0.05, 0.1) is 19.0 Å². The van der Waals surface area contributed by atoms with Crippen LogP contribution in [-0.4, -0.2) is 29.3 Å². The highest BCUT2D eigenvalue weighted by atomic mass is 16.5. The molecule has 0 atom stereocenters. The van der Waals surface area contributed by atoms with Gasteiger partial charge in [-0.2, -0.15) is 0 Å². The molecule has 0 radical (unpaired) electrons. The largest absolute Gasteiger partial charge is 0.495 e. The minimum atomic E-state index is -1.44. The predicted molar refractivity (Wildman–Crippen MR) is 50.0 cm³/mol. The first-order valence-corrected chi connectivity index (χ1v) is 3.77. The number of nitrogens with zero attached hydrogens (tertiary/aromatic N) is 1. The van der Waals surface area contributed by atoms with E-state index in [2.05, 4.69) is 4.98 Å². The van der Waals surface area contributed by atoms with Crippen LogP contribution in [0, 0.1) is 0 Å². The molecule has 1 aromatic rings. The van der Waals surface area contributed by atoms with Crippen molar-refractivity contribution in [1.29, 1.82) is 0 Å². The lowest BCUT2D eigenvalue weighted by Crippen LogP contribution is -2.05. The van der Waals surface area contributed by atoms with Gasteiger partial charge in [0, 0.05) is 0 Å². The van der Waals surface area contributed by atoms with Crippen molar-refractivity contribution in [1.82, 2.24) is 4.98 Å². The predicted octanol–water partition coefficient (Wildman–Crippen LogP) is 0.115. The Morgan fingerprint density at radius 2 is 2.23 bits per heavy atom. The molecule has 1 rings (SSSR count). The highest BCUT2D eigenvalue weighted by Crippen LogP contribution is 2.08. The zero-order chi connectivity index (χ0) is 9.68. The molecule has 4 nitrogen and oxygen atoms in total. The van der Waals surface area contributed by atoms with Crippen molar-refractivity contribution in [3.05, 3.63) is 30.0 Å². The fourth-order valence-electron chi connectivity index (χ4n) is 0.796. The third-order valence-electron chi connectivity index (χ3n) is 1.43. The van der Waals surface area contributed by atoms with E-state index in [1.807, 2.05) is 0 Å². The summed E-state index contributed by atoms with van der Waals surface area (Å²) in [5.41, 5.74) is 0.647. The molecule has 2 N–H and O–H groups in total. The van der Waals surface area contributed by atoms with Crippen LogP contribution < -0.4 is 4.74 Å². The fourth-order valence-corrected chi connectivity index (χ4v) is 0.796. The topological polar surface area (TPSA) is 62.6 Å². The molecule has 0 aliphatic heterocycles. The molecule has 0 aliphatic rings. The summed E-state index contributed by atoms with van der Waals surface area (Å²) in [6.45, 7) is 0. The molecule has 13 heavy (non-hydrogen) atoms. The summed E-state index contributed by atoms with van der Waals surface area (Å²) in [5, 5.41) is 17.1. The molecule has 0 aliphatic carbocycles. The van der Waals surface area contributed by atoms with Crippen LogP contribution in [0.3, 0.4) is 0 Å². The van der Waals surface area contributed by atoms with Crippen LogP contribution in [0.15, 0.2) is 24.3 Å². The SMILES string of the molecule is COc1ccc(/C=C/B(O)O)nc1. The lowest BCUT2D eigenvalue weighted by molar-refractivity contribution is 0.413. The lowest BCUT2D eigenvalue weighted by Gasteiger charge is -1.97. The first-order valence-electron chi connectivity index (χ1n) is 3.77. The first kappa shape index (κ1) is 9.76. The Hall–Kier alpha value is -1.33. The number of ether oxygens (including phenoxy) is 1. The number of methoxy groups -OCH3 is 1. The summed E-state index contributed by atoms with van der Waals surface area (Å²) in [7, 11) is 0.119. The Morgan fingerprint density at radius 1 is 1.46 bits per heavy atom. The van der Waals surface area contributed by atoms with Gasteiger partial charge >= 0.3 is 7.12 Å². The van der Waals surface area contributed by atoms with E-state index in [-0.39, 0.29) is 0 Å². The molecule has 0 aromatic carbocycles. The molecule has 0 spiro atoms. The number of hydrogen-bond acceptors (Lipinski definition) is 4. The van der Waals surface area contributed by atoms with Gasteiger partial charge in [0.1, 0.15) is 5.75 Å². The third-order valence-corrected chi connectivity index (χ3v) is 1.43. The molecule has 0 fully saturated rings. The summed E-state index contributed by atoms with van der Waals surface area (Å²) >= 11 is 0. The lowest BCUT2D eigenvalue weighted by atomic mass is 9.91. The van der Waals surface area contributed by atoms with Gasteiger partial charge in [0.2, 0.25) is 0 Å². The zero-order valence-corrected chi connectivity index (χ0v) is 7.21.